The zero-order valence-electron chi connectivity index (χ0n) is 53.3. The Balaban J connectivity index is 0.998. The van der Waals surface area contributed by atoms with E-state index in [0.717, 1.165) is 114 Å². The lowest BCUT2D eigenvalue weighted by molar-refractivity contribution is -0.148. The van der Waals surface area contributed by atoms with Crippen LogP contribution in [0.15, 0.2) is 151 Å². The number of aromatic hydroxyl groups is 3. The number of phenolic OH excluding ortho intramolecular Hbond substituents is 3. The lowest BCUT2D eigenvalue weighted by Gasteiger charge is -2.50. The van der Waals surface area contributed by atoms with E-state index < -0.39 is 46.9 Å². The number of rotatable bonds is 12. The predicted molar refractivity (Wildman–Crippen MR) is 356 cm³/mol. The Morgan fingerprint density at radius 2 is 1.73 bits per heavy atom. The van der Waals surface area contributed by atoms with Gasteiger partial charge in [-0.25, -0.2) is 0 Å². The Labute approximate surface area is 543 Å². The lowest BCUT2D eigenvalue weighted by Crippen LogP contribution is -2.41. The number of carbonyl (C=O) groups excluding carboxylic acids is 3. The quantitative estimate of drug-likeness (QED) is 0.0345. The second kappa shape index (κ2) is 25.0. The van der Waals surface area contributed by atoms with Crippen LogP contribution in [-0.2, 0) is 25.5 Å². The first kappa shape index (κ1) is 61.8. The number of aromatic amines is 1. The molecule has 2 aliphatic heterocycles. The van der Waals surface area contributed by atoms with Crippen LogP contribution in [0.1, 0.15) is 174 Å². The number of anilines is 1. The minimum atomic E-state index is -0.836. The molecule has 93 heavy (non-hydrogen) atoms. The van der Waals surface area contributed by atoms with Gasteiger partial charge in [0.05, 0.1) is 30.9 Å². The first-order valence-corrected chi connectivity index (χ1v) is 33.5. The summed E-state index contributed by atoms with van der Waals surface area (Å²) in [4.78, 5) is 48.5. The number of nitrogens with one attached hydrogen (secondary N) is 2. The highest BCUT2D eigenvalue weighted by Gasteiger charge is 2.57. The van der Waals surface area contributed by atoms with Crippen molar-refractivity contribution in [2.45, 2.75) is 153 Å². The summed E-state index contributed by atoms with van der Waals surface area (Å²) in [5, 5.41) is 62.8. The summed E-state index contributed by atoms with van der Waals surface area (Å²) >= 11 is 0. The molecule has 11 unspecified atom stereocenters. The number of phenols is 3. The van der Waals surface area contributed by atoms with Gasteiger partial charge in [-0.3, -0.25) is 14.4 Å². The second-order valence-corrected chi connectivity index (χ2v) is 27.9. The third-order valence-electron chi connectivity index (χ3n) is 22.4. The molecule has 6 aromatic rings. The largest absolute Gasteiger partial charge is 0.508 e. The van der Waals surface area contributed by atoms with Crippen molar-refractivity contribution in [3.8, 4) is 46.3 Å². The van der Waals surface area contributed by atoms with Gasteiger partial charge in [-0.15, -0.1) is 0 Å². The van der Waals surface area contributed by atoms with Gasteiger partial charge >= 0.3 is 5.97 Å². The predicted octanol–water partition coefficient (Wildman–Crippen LogP) is 14.1. The molecule has 14 rings (SSSR count). The van der Waals surface area contributed by atoms with Crippen LogP contribution in [-0.4, -0.2) is 85.5 Å². The highest BCUT2D eigenvalue weighted by Crippen LogP contribution is 2.67. The van der Waals surface area contributed by atoms with E-state index in [2.05, 4.69) is 111 Å². The molecular weight excluding hydrogens is 1170 g/mol. The number of esters is 1. The van der Waals surface area contributed by atoms with E-state index in [4.69, 9.17) is 14.2 Å². The third kappa shape index (κ3) is 11.3. The summed E-state index contributed by atoms with van der Waals surface area (Å²) in [7, 11) is 1.49. The van der Waals surface area contributed by atoms with Crippen LogP contribution in [0.2, 0.25) is 0 Å². The molecule has 3 spiro atoms. The average molecular weight is 1250 g/mol. The first-order chi connectivity index (χ1) is 45.1. The zero-order valence-corrected chi connectivity index (χ0v) is 53.3. The molecule has 6 bridgehead atoms. The van der Waals surface area contributed by atoms with E-state index in [1.165, 1.54) is 31.7 Å². The number of allylic oxidation sites excluding steroid dienone is 8. The number of fused-ring (bicyclic) bond motifs is 3. The highest BCUT2D eigenvalue weighted by atomic mass is 16.5. The number of hydrogen-bond donors (Lipinski definition) is 7. The molecule has 2 aromatic heterocycles. The summed E-state index contributed by atoms with van der Waals surface area (Å²) in [6.45, 7) is 3.89. The molecular formula is C78H84N4O11. The summed E-state index contributed by atoms with van der Waals surface area (Å²) in [5.41, 5.74) is 7.15. The Bertz CT molecular complexity index is 4170. The fourth-order valence-corrected chi connectivity index (χ4v) is 18.4. The van der Waals surface area contributed by atoms with E-state index in [1.807, 2.05) is 12.1 Å². The molecule has 7 N–H and O–H groups in total. The van der Waals surface area contributed by atoms with Gasteiger partial charge < -0.3 is 59.5 Å². The molecule has 8 aliphatic rings. The summed E-state index contributed by atoms with van der Waals surface area (Å²) in [6.07, 6.45) is 30.5. The number of nitrogens with zero attached hydrogens (tertiary/aromatic N) is 2. The molecule has 0 amide bonds. The topological polar surface area (TPSA) is 216 Å². The van der Waals surface area contributed by atoms with Crippen LogP contribution in [0.5, 0.6) is 34.5 Å². The molecule has 482 valence electrons. The SMILES string of the molecule is COc1cc(C2CC(=O)CC(OC(C)=O)CCC34C5=CC=CC3CC=CC4c3c[nH]cc3C(C#CC5)C(c3cccc(O)c3)C3=CCNC(=C3)N(CCC(C)=O)c3ccc4c5c(n2cc35)CC2(CCC3(CCC(CCCO)C3)C2)C4O)cc(O)c1Oc1cccc(O)c1. The Morgan fingerprint density at radius 3 is 2.54 bits per heavy atom. The van der Waals surface area contributed by atoms with Crippen LogP contribution < -0.4 is 19.7 Å². The van der Waals surface area contributed by atoms with Gasteiger partial charge in [-0.05, 0) is 183 Å². The number of ketones is 2. The summed E-state index contributed by atoms with van der Waals surface area (Å²) in [6, 6.07) is 20.5. The van der Waals surface area contributed by atoms with E-state index in [1.54, 1.807) is 37.3 Å². The lowest BCUT2D eigenvalue weighted by atomic mass is 9.53. The number of carbonyl (C=O) groups is 3. The Kier molecular flexibility index (Phi) is 16.6. The number of aliphatic hydroxyl groups is 2. The van der Waals surface area contributed by atoms with Crippen molar-refractivity contribution in [1.29, 1.82) is 0 Å². The second-order valence-electron chi connectivity index (χ2n) is 27.9. The average Bonchev–Trinajstić information content (AvgIpc) is 1.59. The number of ether oxygens (including phenoxy) is 3. The number of methoxy groups -OCH3 is 1. The smallest absolute Gasteiger partial charge is 0.302 e. The monoisotopic (exact) mass is 1250 g/mol. The molecule has 15 nitrogen and oxygen atoms in total. The molecule has 11 atom stereocenters. The number of hydrogen-bond acceptors (Lipinski definition) is 13. The molecule has 0 radical (unpaired) electrons. The molecule has 6 aliphatic carbocycles. The maximum absolute atomic E-state index is 15.9. The van der Waals surface area contributed by atoms with Crippen molar-refractivity contribution in [2.75, 3.05) is 31.7 Å². The van der Waals surface area contributed by atoms with E-state index in [-0.39, 0.29) is 95.7 Å². The van der Waals surface area contributed by atoms with Gasteiger partial charge in [-0.2, -0.15) is 0 Å². The maximum atomic E-state index is 15.9. The fraction of sp³-hybridized carbons (Fsp3) is 0.423. The van der Waals surface area contributed by atoms with Crippen molar-refractivity contribution in [3.63, 3.8) is 0 Å². The first-order valence-electron chi connectivity index (χ1n) is 33.5. The molecule has 15 heteroatoms. The number of H-pyrrole nitrogens is 1. The molecule has 2 fully saturated rings. The molecule has 4 aromatic carbocycles. The molecule has 0 saturated heterocycles. The number of aromatic nitrogens is 2. The molecule has 4 heterocycles. The van der Waals surface area contributed by atoms with Gasteiger partial charge in [0.1, 0.15) is 40.7 Å². The van der Waals surface area contributed by atoms with Crippen molar-refractivity contribution >= 4 is 34.0 Å². The van der Waals surface area contributed by atoms with Gasteiger partial charge in [0, 0.05) is 116 Å². The van der Waals surface area contributed by atoms with Crippen LogP contribution in [0, 0.1) is 39.9 Å². The van der Waals surface area contributed by atoms with E-state index in [9.17, 15) is 35.1 Å². The normalized spacial score (nSPS) is 28.6. The van der Waals surface area contributed by atoms with Gasteiger partial charge in [0.25, 0.3) is 0 Å². The zero-order chi connectivity index (χ0) is 64.3. The Hall–Kier alpha value is -8.71. The number of aliphatic hydroxyl groups excluding tert-OH is 2. The van der Waals surface area contributed by atoms with E-state index in [0.29, 0.717) is 43.7 Å². The summed E-state index contributed by atoms with van der Waals surface area (Å²) in [5.74, 6) is 7.62. The van der Waals surface area contributed by atoms with Crippen molar-refractivity contribution in [3.05, 3.63) is 184 Å². The van der Waals surface area contributed by atoms with Crippen LogP contribution >= 0.6 is 0 Å². The number of benzene rings is 4. The molecule has 2 saturated carbocycles. The van der Waals surface area contributed by atoms with Crippen molar-refractivity contribution in [2.24, 2.45) is 28.1 Å². The third-order valence-corrected chi connectivity index (χ3v) is 22.4. The van der Waals surface area contributed by atoms with Crippen molar-refractivity contribution in [1.82, 2.24) is 14.9 Å². The fourth-order valence-electron chi connectivity index (χ4n) is 18.4. The van der Waals surface area contributed by atoms with Gasteiger partial charge in [0.15, 0.2) is 11.5 Å². The van der Waals surface area contributed by atoms with Crippen LogP contribution in [0.4, 0.5) is 5.69 Å². The minimum absolute atomic E-state index is 0.00633. The van der Waals surface area contributed by atoms with Gasteiger partial charge in [-0.1, -0.05) is 78.1 Å². The van der Waals surface area contributed by atoms with Crippen LogP contribution in [0.25, 0.3) is 10.8 Å². The highest BCUT2D eigenvalue weighted by molar-refractivity contribution is 6.00. The van der Waals surface area contributed by atoms with E-state index >= 15 is 4.79 Å². The van der Waals surface area contributed by atoms with Gasteiger partial charge in [0.2, 0.25) is 5.75 Å². The van der Waals surface area contributed by atoms with Crippen molar-refractivity contribution < 1.29 is 54.1 Å². The maximum Gasteiger partial charge on any atom is 0.302 e. The Morgan fingerprint density at radius 1 is 0.892 bits per heavy atom. The summed E-state index contributed by atoms with van der Waals surface area (Å²) < 4.78 is 20.9. The number of dihydropyridines is 1. The number of Topliss-reactive ketones (excluding diaryl/α,β-unsaturated/α-hetero) is 2. The minimum Gasteiger partial charge on any atom is -0.508 e. The standard InChI is InChI=1S/C78H84N4O11/c1-47(84)26-32-81-66-22-21-61-73-64(66)45-82(68(73)42-77(75(61)90)30-29-76(46-77)27-23-49(41-76)10-9-33-83)67(52-35-69(89)74(70(36-52)91-3)93-58-18-8-17-56(87)38-58)40-57(88)39-59(92-48(2)85)24-28-78-53-12-5-13-54(78)15-7-20-65(78)63-44-79-43-62(63)60(19-6-14-53)72(50-11-4-16-55(86)34-50)51-25-31-80-71(81)37-51/h4-5,7-8,11-13,16-18,20-22,25,34-38,43-45,49,54,59-60,65,67,72,75,79-80,83,86-87,89-90H,9-10,14-15,23-24,26-33,39-42,46H2,1-3H3. The van der Waals surface area contributed by atoms with Crippen LogP contribution in [0.3, 0.4) is 0 Å².